The van der Waals surface area contributed by atoms with Crippen molar-refractivity contribution in [2.45, 2.75) is 19.9 Å². The van der Waals surface area contributed by atoms with Gasteiger partial charge in [-0.2, -0.15) is 0 Å². The van der Waals surface area contributed by atoms with Gasteiger partial charge in [0.25, 0.3) is 11.7 Å². The van der Waals surface area contributed by atoms with Gasteiger partial charge in [0.15, 0.2) is 0 Å². The summed E-state index contributed by atoms with van der Waals surface area (Å²) < 4.78 is 0. The van der Waals surface area contributed by atoms with Crippen LogP contribution < -0.4 is 9.80 Å². The number of anilines is 2. The van der Waals surface area contributed by atoms with Gasteiger partial charge in [-0.25, -0.2) is 0 Å². The van der Waals surface area contributed by atoms with Crippen LogP contribution in [-0.4, -0.2) is 29.9 Å². The number of halogens is 1. The number of Topliss-reactive ketones (excluding diaryl/α,β-unsaturated/α-hetero) is 1. The van der Waals surface area contributed by atoms with Gasteiger partial charge in [-0.15, -0.1) is 0 Å². The highest BCUT2D eigenvalue weighted by atomic mass is 35.5. The van der Waals surface area contributed by atoms with Crippen LogP contribution in [0, 0.1) is 0 Å². The van der Waals surface area contributed by atoms with Crippen molar-refractivity contribution in [2.75, 3.05) is 22.9 Å². The lowest BCUT2D eigenvalue weighted by atomic mass is 9.95. The number of hydrogen-bond donors (Lipinski definition) is 1. The third-order valence-electron chi connectivity index (χ3n) is 5.93. The quantitative estimate of drug-likeness (QED) is 0.286. The van der Waals surface area contributed by atoms with Crippen molar-refractivity contribution < 1.29 is 14.7 Å². The zero-order valence-corrected chi connectivity index (χ0v) is 19.3. The standard InChI is InChI=1S/C27H25ClN2O3/c1-3-29(4-2)21-14-10-18(11-15-21)24-23(25(31)19-8-6-5-7-9-19)26(32)27(33)30(24)22-16-12-20(28)13-17-22/h5-17,24,31H,3-4H2,1-2H3/b25-23-. The van der Waals surface area contributed by atoms with Crippen LogP contribution in [-0.2, 0) is 9.59 Å². The van der Waals surface area contributed by atoms with Gasteiger partial charge in [0.2, 0.25) is 0 Å². The third-order valence-corrected chi connectivity index (χ3v) is 6.19. The molecule has 5 nitrogen and oxygen atoms in total. The van der Waals surface area contributed by atoms with Crippen LogP contribution in [0.15, 0.2) is 84.4 Å². The number of benzene rings is 3. The third kappa shape index (κ3) is 4.24. The van der Waals surface area contributed by atoms with Gasteiger partial charge < -0.3 is 10.0 Å². The molecule has 3 aromatic carbocycles. The average molecular weight is 461 g/mol. The molecule has 0 saturated carbocycles. The lowest BCUT2D eigenvalue weighted by molar-refractivity contribution is -0.132. The molecule has 0 aliphatic carbocycles. The van der Waals surface area contributed by atoms with E-state index in [4.69, 9.17) is 11.6 Å². The predicted molar refractivity (Wildman–Crippen MR) is 133 cm³/mol. The first-order valence-corrected chi connectivity index (χ1v) is 11.3. The molecule has 0 spiro atoms. The highest BCUT2D eigenvalue weighted by Gasteiger charge is 2.46. The first kappa shape index (κ1) is 22.6. The second kappa shape index (κ2) is 9.51. The number of hydrogen-bond acceptors (Lipinski definition) is 4. The molecule has 1 amide bonds. The number of rotatable bonds is 6. The summed E-state index contributed by atoms with van der Waals surface area (Å²) >= 11 is 6.05. The minimum absolute atomic E-state index is 0.0664. The molecule has 168 valence electrons. The number of amides is 1. The average Bonchev–Trinajstić information content (AvgIpc) is 3.11. The SMILES string of the molecule is CCN(CC)c1ccc(C2/C(=C(/O)c3ccccc3)C(=O)C(=O)N2c2ccc(Cl)cc2)cc1. The van der Waals surface area contributed by atoms with Crippen molar-refractivity contribution in [3.63, 3.8) is 0 Å². The lowest BCUT2D eigenvalue weighted by Gasteiger charge is -2.26. The van der Waals surface area contributed by atoms with Gasteiger partial charge >= 0.3 is 0 Å². The fourth-order valence-electron chi connectivity index (χ4n) is 4.22. The van der Waals surface area contributed by atoms with E-state index in [1.807, 2.05) is 30.3 Å². The smallest absolute Gasteiger partial charge is 0.300 e. The van der Waals surface area contributed by atoms with E-state index in [1.165, 1.54) is 4.90 Å². The molecule has 1 aliphatic rings. The summed E-state index contributed by atoms with van der Waals surface area (Å²) in [5, 5.41) is 11.6. The molecule has 3 aromatic rings. The van der Waals surface area contributed by atoms with E-state index >= 15 is 0 Å². The van der Waals surface area contributed by atoms with Gasteiger partial charge in [0.05, 0.1) is 11.6 Å². The van der Waals surface area contributed by atoms with Crippen LogP contribution in [0.2, 0.25) is 5.02 Å². The Kier molecular flexibility index (Phi) is 6.52. The number of aliphatic hydroxyl groups excluding tert-OH is 1. The van der Waals surface area contributed by atoms with Crippen LogP contribution in [0.4, 0.5) is 11.4 Å². The molecule has 6 heteroatoms. The zero-order chi connectivity index (χ0) is 23.5. The molecule has 1 atom stereocenters. The van der Waals surface area contributed by atoms with E-state index < -0.39 is 17.7 Å². The summed E-state index contributed by atoms with van der Waals surface area (Å²) in [4.78, 5) is 30.0. The maximum atomic E-state index is 13.2. The molecule has 1 aliphatic heterocycles. The Morgan fingerprint density at radius 1 is 0.909 bits per heavy atom. The number of carbonyl (C=O) groups excluding carboxylic acids is 2. The Bertz CT molecular complexity index is 1180. The van der Waals surface area contributed by atoms with Crippen molar-refractivity contribution in [3.8, 4) is 0 Å². The Balaban J connectivity index is 1.88. The van der Waals surface area contributed by atoms with Crippen molar-refractivity contribution in [1.29, 1.82) is 0 Å². The fraction of sp³-hybridized carbons (Fsp3) is 0.185. The van der Waals surface area contributed by atoms with E-state index in [0.717, 1.165) is 24.3 Å². The number of carbonyl (C=O) groups is 2. The molecule has 1 saturated heterocycles. The summed E-state index contributed by atoms with van der Waals surface area (Å²) in [7, 11) is 0. The number of aliphatic hydroxyl groups is 1. The second-order valence-electron chi connectivity index (χ2n) is 7.78. The monoisotopic (exact) mass is 460 g/mol. The molecule has 1 heterocycles. The van der Waals surface area contributed by atoms with Crippen molar-refractivity contribution >= 4 is 40.4 Å². The van der Waals surface area contributed by atoms with Gasteiger partial charge in [0.1, 0.15) is 5.76 Å². The summed E-state index contributed by atoms with van der Waals surface area (Å²) in [5.41, 5.74) is 2.87. The molecular formula is C27H25ClN2O3. The minimum Gasteiger partial charge on any atom is -0.507 e. The van der Waals surface area contributed by atoms with Gasteiger partial charge in [0, 0.05) is 35.1 Å². The maximum Gasteiger partial charge on any atom is 0.300 e. The van der Waals surface area contributed by atoms with Gasteiger partial charge in [-0.05, 0) is 55.8 Å². The van der Waals surface area contributed by atoms with Crippen molar-refractivity contribution in [2.24, 2.45) is 0 Å². The Labute approximate surface area is 198 Å². The molecule has 1 unspecified atom stereocenters. The van der Waals surface area contributed by atoms with E-state index in [9.17, 15) is 14.7 Å². The highest BCUT2D eigenvalue weighted by Crippen LogP contribution is 2.42. The first-order valence-electron chi connectivity index (χ1n) is 10.9. The second-order valence-corrected chi connectivity index (χ2v) is 8.21. The van der Waals surface area contributed by atoms with Crippen LogP contribution in [0.25, 0.3) is 5.76 Å². The molecule has 4 rings (SSSR count). The molecule has 0 bridgehead atoms. The van der Waals surface area contributed by atoms with Crippen molar-refractivity contribution in [3.05, 3.63) is 101 Å². The summed E-state index contributed by atoms with van der Waals surface area (Å²) in [5.74, 6) is -1.60. The van der Waals surface area contributed by atoms with Crippen molar-refractivity contribution in [1.82, 2.24) is 0 Å². The molecule has 1 N–H and O–H groups in total. The van der Waals surface area contributed by atoms with E-state index in [0.29, 0.717) is 16.3 Å². The Hall–Kier alpha value is -3.57. The molecule has 33 heavy (non-hydrogen) atoms. The number of nitrogens with zero attached hydrogens (tertiary/aromatic N) is 2. The van der Waals surface area contributed by atoms with E-state index in [2.05, 4.69) is 18.7 Å². The fourth-order valence-corrected chi connectivity index (χ4v) is 4.35. The topological polar surface area (TPSA) is 60.9 Å². The van der Waals surface area contributed by atoms with Crippen LogP contribution >= 0.6 is 11.6 Å². The molecule has 0 aromatic heterocycles. The van der Waals surface area contributed by atoms with Gasteiger partial charge in [-0.1, -0.05) is 54.1 Å². The zero-order valence-electron chi connectivity index (χ0n) is 18.5. The molecule has 0 radical (unpaired) electrons. The minimum atomic E-state index is -0.767. The first-order chi connectivity index (χ1) is 16.0. The Morgan fingerprint density at radius 3 is 2.09 bits per heavy atom. The lowest BCUT2D eigenvalue weighted by Crippen LogP contribution is -2.29. The van der Waals surface area contributed by atoms with Crippen LogP contribution in [0.1, 0.15) is 31.0 Å². The van der Waals surface area contributed by atoms with E-state index in [1.54, 1.807) is 48.5 Å². The maximum absolute atomic E-state index is 13.2. The predicted octanol–water partition coefficient (Wildman–Crippen LogP) is 5.81. The summed E-state index contributed by atoms with van der Waals surface area (Å²) in [6, 6.07) is 22.6. The van der Waals surface area contributed by atoms with Crippen LogP contribution in [0.3, 0.4) is 0 Å². The molecular weight excluding hydrogens is 436 g/mol. The largest absolute Gasteiger partial charge is 0.507 e. The normalized spacial score (nSPS) is 17.4. The van der Waals surface area contributed by atoms with Gasteiger partial charge in [-0.3, -0.25) is 14.5 Å². The summed E-state index contributed by atoms with van der Waals surface area (Å²) in [6.45, 7) is 5.92. The summed E-state index contributed by atoms with van der Waals surface area (Å²) in [6.07, 6.45) is 0. The number of ketones is 1. The highest BCUT2D eigenvalue weighted by molar-refractivity contribution is 6.51. The van der Waals surface area contributed by atoms with Crippen LogP contribution in [0.5, 0.6) is 0 Å². The Morgan fingerprint density at radius 2 is 1.52 bits per heavy atom. The molecule has 1 fully saturated rings. The van der Waals surface area contributed by atoms with E-state index in [-0.39, 0.29) is 11.3 Å².